The second-order valence-electron chi connectivity index (χ2n) is 4.56. The van der Waals surface area contributed by atoms with Crippen LogP contribution in [0.2, 0.25) is 0 Å². The SMILES string of the molecule is CSCC[C@H](N)C(=O)Nc1cccc2c(O)cccc12. The van der Waals surface area contributed by atoms with E-state index in [1.165, 1.54) is 0 Å². The summed E-state index contributed by atoms with van der Waals surface area (Å²) in [6.45, 7) is 0. The Morgan fingerprint density at radius 3 is 2.75 bits per heavy atom. The van der Waals surface area contributed by atoms with E-state index < -0.39 is 6.04 Å². The molecule has 106 valence electrons. The number of phenols is 1. The maximum Gasteiger partial charge on any atom is 0.241 e. The Morgan fingerprint density at radius 2 is 2.00 bits per heavy atom. The van der Waals surface area contributed by atoms with Gasteiger partial charge in [0.1, 0.15) is 5.75 Å². The van der Waals surface area contributed by atoms with Crippen molar-refractivity contribution in [3.8, 4) is 5.75 Å². The molecule has 5 heteroatoms. The standard InChI is InChI=1S/C15H18N2O2S/c1-20-9-8-12(16)15(19)17-13-6-2-5-11-10(13)4-3-7-14(11)18/h2-7,12,18H,8-9,16H2,1H3,(H,17,19)/t12-/m0/s1. The average Bonchev–Trinajstić information content (AvgIpc) is 2.45. The molecule has 0 fully saturated rings. The number of nitrogens with two attached hydrogens (primary N) is 1. The molecule has 2 aromatic rings. The van der Waals surface area contributed by atoms with E-state index in [1.807, 2.05) is 18.4 Å². The molecule has 0 aliphatic heterocycles. The molecular formula is C15H18N2O2S. The Kier molecular flexibility index (Phi) is 4.87. The number of hydrogen-bond donors (Lipinski definition) is 3. The third-order valence-electron chi connectivity index (χ3n) is 3.13. The molecule has 0 aliphatic rings. The van der Waals surface area contributed by atoms with Crippen LogP contribution in [0.25, 0.3) is 10.8 Å². The Hall–Kier alpha value is -1.72. The monoisotopic (exact) mass is 290 g/mol. The molecule has 0 heterocycles. The summed E-state index contributed by atoms with van der Waals surface area (Å²) in [5.74, 6) is 0.852. The highest BCUT2D eigenvalue weighted by Gasteiger charge is 2.14. The van der Waals surface area contributed by atoms with Gasteiger partial charge in [0.25, 0.3) is 0 Å². The van der Waals surface area contributed by atoms with Crippen molar-refractivity contribution < 1.29 is 9.90 Å². The quantitative estimate of drug-likeness (QED) is 0.791. The predicted octanol–water partition coefficient (Wildman–Crippen LogP) is 2.56. The number of fused-ring (bicyclic) bond motifs is 1. The summed E-state index contributed by atoms with van der Waals surface area (Å²) in [5.41, 5.74) is 6.52. The van der Waals surface area contributed by atoms with Gasteiger partial charge < -0.3 is 16.2 Å². The van der Waals surface area contributed by atoms with Crippen LogP contribution < -0.4 is 11.1 Å². The van der Waals surface area contributed by atoms with Gasteiger partial charge in [0.2, 0.25) is 5.91 Å². The van der Waals surface area contributed by atoms with Crippen molar-refractivity contribution in [3.05, 3.63) is 36.4 Å². The molecule has 0 bridgehead atoms. The van der Waals surface area contributed by atoms with Crippen LogP contribution in [0.4, 0.5) is 5.69 Å². The number of carbonyl (C=O) groups is 1. The summed E-state index contributed by atoms with van der Waals surface area (Å²) in [6, 6.07) is 10.1. The Bertz CT molecular complexity index is 616. The highest BCUT2D eigenvalue weighted by atomic mass is 32.2. The number of rotatable bonds is 5. The molecule has 2 rings (SSSR count). The molecular weight excluding hydrogens is 272 g/mol. The normalized spacial score (nSPS) is 12.3. The first kappa shape index (κ1) is 14.7. The van der Waals surface area contributed by atoms with Crippen molar-refractivity contribution in [1.29, 1.82) is 0 Å². The fraction of sp³-hybridized carbons (Fsp3) is 0.267. The van der Waals surface area contributed by atoms with Crippen LogP contribution >= 0.6 is 11.8 Å². The van der Waals surface area contributed by atoms with Gasteiger partial charge in [-0.3, -0.25) is 4.79 Å². The first-order valence-corrected chi connectivity index (χ1v) is 7.79. The fourth-order valence-electron chi connectivity index (χ4n) is 2.00. The molecule has 4 N–H and O–H groups in total. The number of carbonyl (C=O) groups excluding carboxylic acids is 1. The van der Waals surface area contributed by atoms with Gasteiger partial charge in [0, 0.05) is 16.5 Å². The number of phenolic OH excluding ortho intramolecular Hbond substituents is 1. The molecule has 0 saturated heterocycles. The average molecular weight is 290 g/mol. The Morgan fingerprint density at radius 1 is 1.30 bits per heavy atom. The summed E-state index contributed by atoms with van der Waals surface area (Å²) in [5, 5.41) is 14.2. The Balaban J connectivity index is 2.22. The molecule has 20 heavy (non-hydrogen) atoms. The number of benzene rings is 2. The van der Waals surface area contributed by atoms with Crippen molar-refractivity contribution in [2.75, 3.05) is 17.3 Å². The minimum atomic E-state index is -0.519. The zero-order chi connectivity index (χ0) is 14.5. The molecule has 2 aromatic carbocycles. The highest BCUT2D eigenvalue weighted by molar-refractivity contribution is 7.98. The van der Waals surface area contributed by atoms with E-state index in [2.05, 4.69) is 5.32 Å². The molecule has 0 spiro atoms. The summed E-state index contributed by atoms with van der Waals surface area (Å²) in [7, 11) is 0. The van der Waals surface area contributed by atoms with Gasteiger partial charge >= 0.3 is 0 Å². The van der Waals surface area contributed by atoms with E-state index in [-0.39, 0.29) is 11.7 Å². The fourth-order valence-corrected chi connectivity index (χ4v) is 2.49. The summed E-state index contributed by atoms with van der Waals surface area (Å²) in [4.78, 5) is 12.0. The Labute approximate surface area is 122 Å². The molecule has 0 aliphatic carbocycles. The maximum atomic E-state index is 12.0. The minimum absolute atomic E-state index is 0.199. The molecule has 4 nitrogen and oxygen atoms in total. The lowest BCUT2D eigenvalue weighted by Crippen LogP contribution is -2.36. The van der Waals surface area contributed by atoms with Crippen molar-refractivity contribution in [1.82, 2.24) is 0 Å². The summed E-state index contributed by atoms with van der Waals surface area (Å²) in [6.07, 6.45) is 2.63. The van der Waals surface area contributed by atoms with Crippen LogP contribution in [0, 0.1) is 0 Å². The van der Waals surface area contributed by atoms with E-state index in [0.717, 1.165) is 11.1 Å². The number of hydrogen-bond acceptors (Lipinski definition) is 4. The van der Waals surface area contributed by atoms with Gasteiger partial charge in [0.05, 0.1) is 6.04 Å². The third-order valence-corrected chi connectivity index (χ3v) is 3.77. The topological polar surface area (TPSA) is 75.4 Å². The van der Waals surface area contributed by atoms with Gasteiger partial charge in [-0.2, -0.15) is 11.8 Å². The smallest absolute Gasteiger partial charge is 0.241 e. The van der Waals surface area contributed by atoms with Crippen LogP contribution in [0.3, 0.4) is 0 Å². The first-order chi connectivity index (χ1) is 9.63. The van der Waals surface area contributed by atoms with Gasteiger partial charge in [-0.05, 0) is 30.6 Å². The van der Waals surface area contributed by atoms with Crippen molar-refractivity contribution in [2.24, 2.45) is 5.73 Å². The van der Waals surface area contributed by atoms with Crippen molar-refractivity contribution in [3.63, 3.8) is 0 Å². The van der Waals surface area contributed by atoms with E-state index in [9.17, 15) is 9.90 Å². The number of anilines is 1. The van der Waals surface area contributed by atoms with Crippen LogP contribution in [0.5, 0.6) is 5.75 Å². The molecule has 0 aromatic heterocycles. The molecule has 0 radical (unpaired) electrons. The third kappa shape index (κ3) is 3.23. The number of amides is 1. The van der Waals surface area contributed by atoms with Crippen molar-refractivity contribution in [2.45, 2.75) is 12.5 Å². The lowest BCUT2D eigenvalue weighted by molar-refractivity contribution is -0.117. The largest absolute Gasteiger partial charge is 0.507 e. The second-order valence-corrected chi connectivity index (χ2v) is 5.54. The minimum Gasteiger partial charge on any atom is -0.507 e. The lowest BCUT2D eigenvalue weighted by atomic mass is 10.1. The number of aromatic hydroxyl groups is 1. The number of nitrogens with one attached hydrogen (secondary N) is 1. The van der Waals surface area contributed by atoms with Crippen LogP contribution in [-0.2, 0) is 4.79 Å². The van der Waals surface area contributed by atoms with E-state index >= 15 is 0 Å². The van der Waals surface area contributed by atoms with Gasteiger partial charge in [-0.1, -0.05) is 24.3 Å². The van der Waals surface area contributed by atoms with Gasteiger partial charge in [-0.15, -0.1) is 0 Å². The lowest BCUT2D eigenvalue weighted by Gasteiger charge is -2.13. The summed E-state index contributed by atoms with van der Waals surface area (Å²) >= 11 is 1.67. The zero-order valence-electron chi connectivity index (χ0n) is 11.3. The van der Waals surface area contributed by atoms with Crippen LogP contribution in [0.15, 0.2) is 36.4 Å². The van der Waals surface area contributed by atoms with E-state index in [1.54, 1.807) is 36.0 Å². The van der Waals surface area contributed by atoms with Crippen LogP contribution in [0.1, 0.15) is 6.42 Å². The number of thioether (sulfide) groups is 1. The van der Waals surface area contributed by atoms with Crippen molar-refractivity contribution >= 4 is 34.1 Å². The van der Waals surface area contributed by atoms with E-state index in [0.29, 0.717) is 17.5 Å². The molecule has 1 amide bonds. The maximum absolute atomic E-state index is 12.0. The molecule has 0 unspecified atom stereocenters. The zero-order valence-corrected chi connectivity index (χ0v) is 12.1. The predicted molar refractivity (Wildman–Crippen MR) is 85.2 cm³/mol. The van der Waals surface area contributed by atoms with Crippen LogP contribution in [-0.4, -0.2) is 29.1 Å². The van der Waals surface area contributed by atoms with E-state index in [4.69, 9.17) is 5.73 Å². The molecule has 0 saturated carbocycles. The molecule has 1 atom stereocenters. The summed E-state index contributed by atoms with van der Waals surface area (Å²) < 4.78 is 0. The van der Waals surface area contributed by atoms with Gasteiger partial charge in [-0.25, -0.2) is 0 Å². The second kappa shape index (κ2) is 6.63. The highest BCUT2D eigenvalue weighted by Crippen LogP contribution is 2.29. The first-order valence-electron chi connectivity index (χ1n) is 6.39. The van der Waals surface area contributed by atoms with Gasteiger partial charge in [0.15, 0.2) is 0 Å².